The van der Waals surface area contributed by atoms with E-state index in [9.17, 15) is 9.59 Å². The predicted octanol–water partition coefficient (Wildman–Crippen LogP) is 2.56. The van der Waals surface area contributed by atoms with Crippen molar-refractivity contribution in [3.05, 3.63) is 36.0 Å². The number of nitrogens with one attached hydrogen (secondary N) is 2. The standard InChI is InChI=1S/C17H22N2O3/c1-2-10-18-16(20)12-22-17(21)9-5-6-13-11-19-15-8-4-3-7-14(13)15/h3-4,7-8,11,19H,2,5-6,9-10,12H2,1H3,(H,18,20). The Morgan fingerprint density at radius 3 is 2.91 bits per heavy atom. The van der Waals surface area contributed by atoms with Crippen LogP contribution in [0.5, 0.6) is 0 Å². The monoisotopic (exact) mass is 302 g/mol. The summed E-state index contributed by atoms with van der Waals surface area (Å²) in [7, 11) is 0. The first kappa shape index (κ1) is 16.1. The SMILES string of the molecule is CCCNC(=O)COC(=O)CCCc1c[nH]c2ccccc12. The Kier molecular flexibility index (Phi) is 6.01. The van der Waals surface area contributed by atoms with Crippen LogP contribution in [-0.4, -0.2) is 30.0 Å². The maximum Gasteiger partial charge on any atom is 0.306 e. The summed E-state index contributed by atoms with van der Waals surface area (Å²) in [6.45, 7) is 2.39. The lowest BCUT2D eigenvalue weighted by molar-refractivity contribution is -0.148. The number of H-pyrrole nitrogens is 1. The van der Waals surface area contributed by atoms with E-state index in [1.165, 1.54) is 10.9 Å². The zero-order chi connectivity index (χ0) is 15.8. The highest BCUT2D eigenvalue weighted by atomic mass is 16.5. The van der Waals surface area contributed by atoms with Gasteiger partial charge in [-0.15, -0.1) is 0 Å². The molecule has 2 N–H and O–H groups in total. The maximum absolute atomic E-state index is 11.6. The molecule has 0 aliphatic carbocycles. The molecule has 0 radical (unpaired) electrons. The van der Waals surface area contributed by atoms with E-state index in [1.807, 2.05) is 31.3 Å². The van der Waals surface area contributed by atoms with Crippen molar-refractivity contribution in [1.82, 2.24) is 10.3 Å². The number of aromatic nitrogens is 1. The van der Waals surface area contributed by atoms with Crippen LogP contribution in [0.2, 0.25) is 0 Å². The number of carbonyl (C=O) groups excluding carboxylic acids is 2. The molecule has 2 aromatic rings. The number of carbonyl (C=O) groups is 2. The van der Waals surface area contributed by atoms with Crippen molar-refractivity contribution in [1.29, 1.82) is 0 Å². The smallest absolute Gasteiger partial charge is 0.306 e. The summed E-state index contributed by atoms with van der Waals surface area (Å²) in [5.74, 6) is -0.571. The number of rotatable bonds is 8. The number of benzene rings is 1. The Morgan fingerprint density at radius 2 is 2.09 bits per heavy atom. The fourth-order valence-electron chi connectivity index (χ4n) is 2.30. The second-order valence-corrected chi connectivity index (χ2v) is 5.22. The lowest BCUT2D eigenvalue weighted by Crippen LogP contribution is -2.29. The Bertz CT molecular complexity index is 634. The van der Waals surface area contributed by atoms with Gasteiger partial charge < -0.3 is 15.0 Å². The highest BCUT2D eigenvalue weighted by Crippen LogP contribution is 2.19. The molecule has 2 rings (SSSR count). The first-order valence-electron chi connectivity index (χ1n) is 7.68. The zero-order valence-corrected chi connectivity index (χ0v) is 12.9. The van der Waals surface area contributed by atoms with E-state index in [1.54, 1.807) is 0 Å². The molecule has 0 aliphatic heterocycles. The zero-order valence-electron chi connectivity index (χ0n) is 12.9. The molecule has 0 spiro atoms. The van der Waals surface area contributed by atoms with Gasteiger partial charge in [-0.3, -0.25) is 9.59 Å². The van der Waals surface area contributed by atoms with Crippen LogP contribution < -0.4 is 5.32 Å². The van der Waals surface area contributed by atoms with Gasteiger partial charge in [0.2, 0.25) is 0 Å². The molecular formula is C17H22N2O3. The average Bonchev–Trinajstić information content (AvgIpc) is 2.94. The summed E-state index contributed by atoms with van der Waals surface area (Å²) in [5.41, 5.74) is 2.30. The molecule has 22 heavy (non-hydrogen) atoms. The van der Waals surface area contributed by atoms with E-state index < -0.39 is 0 Å². The highest BCUT2D eigenvalue weighted by molar-refractivity contribution is 5.83. The predicted molar refractivity (Wildman–Crippen MR) is 85.5 cm³/mol. The summed E-state index contributed by atoms with van der Waals surface area (Å²) in [6, 6.07) is 8.09. The third kappa shape index (κ3) is 4.62. The van der Waals surface area contributed by atoms with Gasteiger partial charge in [-0.05, 0) is 30.9 Å². The lowest BCUT2D eigenvalue weighted by atomic mass is 10.1. The van der Waals surface area contributed by atoms with E-state index in [4.69, 9.17) is 4.74 Å². The molecule has 0 aliphatic rings. The maximum atomic E-state index is 11.6. The molecule has 1 heterocycles. The van der Waals surface area contributed by atoms with E-state index in [2.05, 4.69) is 16.4 Å². The van der Waals surface area contributed by atoms with Gasteiger partial charge in [0.15, 0.2) is 6.61 Å². The van der Waals surface area contributed by atoms with Gasteiger partial charge >= 0.3 is 5.97 Å². The topological polar surface area (TPSA) is 71.2 Å². The molecule has 118 valence electrons. The van der Waals surface area contributed by atoms with Crippen molar-refractivity contribution in [3.63, 3.8) is 0 Å². The Labute approximate surface area is 130 Å². The summed E-state index contributed by atoms with van der Waals surface area (Å²) in [4.78, 5) is 26.1. The van der Waals surface area contributed by atoms with Gasteiger partial charge in [-0.1, -0.05) is 25.1 Å². The van der Waals surface area contributed by atoms with Crippen molar-refractivity contribution in [2.75, 3.05) is 13.2 Å². The Morgan fingerprint density at radius 1 is 1.27 bits per heavy atom. The van der Waals surface area contributed by atoms with E-state index in [0.717, 1.165) is 18.4 Å². The van der Waals surface area contributed by atoms with E-state index in [0.29, 0.717) is 19.4 Å². The molecule has 1 amide bonds. The van der Waals surface area contributed by atoms with Gasteiger partial charge in [0, 0.05) is 30.1 Å². The van der Waals surface area contributed by atoms with Crippen LogP contribution in [0.15, 0.2) is 30.5 Å². The van der Waals surface area contributed by atoms with Crippen molar-refractivity contribution >= 4 is 22.8 Å². The minimum atomic E-state index is -0.327. The van der Waals surface area contributed by atoms with Gasteiger partial charge in [0.1, 0.15) is 0 Å². The number of ether oxygens (including phenoxy) is 1. The van der Waals surface area contributed by atoms with Crippen LogP contribution >= 0.6 is 0 Å². The average molecular weight is 302 g/mol. The van der Waals surface area contributed by atoms with Crippen molar-refractivity contribution in [2.45, 2.75) is 32.6 Å². The first-order chi connectivity index (χ1) is 10.7. The number of para-hydroxylation sites is 1. The number of aromatic amines is 1. The van der Waals surface area contributed by atoms with Crippen LogP contribution in [0.4, 0.5) is 0 Å². The molecular weight excluding hydrogens is 280 g/mol. The second kappa shape index (κ2) is 8.22. The number of hydrogen-bond donors (Lipinski definition) is 2. The van der Waals surface area contributed by atoms with Crippen molar-refractivity contribution in [2.24, 2.45) is 0 Å². The summed E-state index contributed by atoms with van der Waals surface area (Å²) >= 11 is 0. The van der Waals surface area contributed by atoms with Gasteiger partial charge in [-0.25, -0.2) is 0 Å². The molecule has 5 heteroatoms. The van der Waals surface area contributed by atoms with Gasteiger partial charge in [0.25, 0.3) is 5.91 Å². The van der Waals surface area contributed by atoms with Crippen molar-refractivity contribution < 1.29 is 14.3 Å². The number of aryl methyl sites for hydroxylation is 1. The van der Waals surface area contributed by atoms with E-state index in [-0.39, 0.29) is 18.5 Å². The molecule has 0 fully saturated rings. The van der Waals surface area contributed by atoms with Crippen LogP contribution in [0, 0.1) is 0 Å². The van der Waals surface area contributed by atoms with Crippen LogP contribution in [0.25, 0.3) is 10.9 Å². The quantitative estimate of drug-likeness (QED) is 0.736. The lowest BCUT2D eigenvalue weighted by Gasteiger charge is -2.05. The molecule has 1 aromatic carbocycles. The molecule has 0 saturated carbocycles. The van der Waals surface area contributed by atoms with Crippen LogP contribution in [0.1, 0.15) is 31.7 Å². The number of amides is 1. The number of fused-ring (bicyclic) bond motifs is 1. The van der Waals surface area contributed by atoms with E-state index >= 15 is 0 Å². The summed E-state index contributed by atoms with van der Waals surface area (Å²) < 4.78 is 4.95. The third-order valence-corrected chi connectivity index (χ3v) is 3.44. The van der Waals surface area contributed by atoms with Gasteiger partial charge in [0.05, 0.1) is 0 Å². The summed E-state index contributed by atoms with van der Waals surface area (Å²) in [5, 5.41) is 3.86. The van der Waals surface area contributed by atoms with Crippen LogP contribution in [-0.2, 0) is 20.7 Å². The fourth-order valence-corrected chi connectivity index (χ4v) is 2.30. The second-order valence-electron chi connectivity index (χ2n) is 5.22. The highest BCUT2D eigenvalue weighted by Gasteiger charge is 2.08. The number of hydrogen-bond acceptors (Lipinski definition) is 3. The molecule has 0 bridgehead atoms. The molecule has 0 saturated heterocycles. The Hall–Kier alpha value is -2.30. The van der Waals surface area contributed by atoms with Gasteiger partial charge in [-0.2, -0.15) is 0 Å². The number of esters is 1. The largest absolute Gasteiger partial charge is 0.456 e. The molecule has 1 aromatic heterocycles. The normalized spacial score (nSPS) is 10.6. The molecule has 5 nitrogen and oxygen atoms in total. The molecule has 0 atom stereocenters. The summed E-state index contributed by atoms with van der Waals surface area (Å²) in [6.07, 6.45) is 4.68. The van der Waals surface area contributed by atoms with Crippen molar-refractivity contribution in [3.8, 4) is 0 Å². The third-order valence-electron chi connectivity index (χ3n) is 3.44. The minimum Gasteiger partial charge on any atom is -0.456 e. The Balaban J connectivity index is 1.70. The van der Waals surface area contributed by atoms with Crippen LogP contribution in [0.3, 0.4) is 0 Å². The minimum absolute atomic E-state index is 0.189. The fraction of sp³-hybridized carbons (Fsp3) is 0.412. The first-order valence-corrected chi connectivity index (χ1v) is 7.68. The molecule has 0 unspecified atom stereocenters.